The number of nitrogens with zero attached hydrogens (tertiary/aromatic N) is 4. The zero-order valence-corrected chi connectivity index (χ0v) is 15.6. The van der Waals surface area contributed by atoms with E-state index >= 15 is 0 Å². The van der Waals surface area contributed by atoms with Crippen LogP contribution in [0.5, 0.6) is 0 Å². The highest BCUT2D eigenvalue weighted by Crippen LogP contribution is 2.33. The number of thiophene rings is 1. The van der Waals surface area contributed by atoms with Gasteiger partial charge in [-0.15, -0.1) is 11.3 Å². The van der Waals surface area contributed by atoms with E-state index in [1.165, 1.54) is 0 Å². The van der Waals surface area contributed by atoms with Crippen molar-refractivity contribution in [2.24, 2.45) is 13.0 Å². The molecular weight excluding hydrogens is 308 g/mol. The number of hydrogen-bond acceptors (Lipinski definition) is 4. The molecule has 126 valence electrons. The monoisotopic (exact) mass is 334 g/mol. The molecule has 2 aromatic rings. The molecule has 0 N–H and O–H groups in total. The van der Waals surface area contributed by atoms with Crippen molar-refractivity contribution in [3.63, 3.8) is 0 Å². The van der Waals surface area contributed by atoms with Crippen LogP contribution in [-0.2, 0) is 7.05 Å². The van der Waals surface area contributed by atoms with E-state index in [0.717, 1.165) is 33.9 Å². The lowest BCUT2D eigenvalue weighted by Gasteiger charge is -2.22. The van der Waals surface area contributed by atoms with Gasteiger partial charge in [0.15, 0.2) is 0 Å². The number of likely N-dealkylation sites (N-methyl/N-ethyl adjacent to an activating group) is 1. The van der Waals surface area contributed by atoms with Crippen molar-refractivity contribution in [1.82, 2.24) is 19.6 Å². The van der Waals surface area contributed by atoms with Gasteiger partial charge in [-0.3, -0.25) is 9.48 Å². The van der Waals surface area contributed by atoms with Gasteiger partial charge >= 0.3 is 0 Å². The Morgan fingerprint density at radius 2 is 2.09 bits per heavy atom. The topological polar surface area (TPSA) is 41.4 Å². The molecule has 1 fully saturated rings. The molecule has 6 heteroatoms. The SMILES string of the molecule is CC(C)c1nn(C)c2sc(C(=O)N3CC(C)C(N(C)C)C3)cc12. The van der Waals surface area contributed by atoms with Gasteiger partial charge in [0.25, 0.3) is 5.91 Å². The molecule has 1 aliphatic heterocycles. The Labute approximate surface area is 141 Å². The number of carbonyl (C=O) groups is 1. The Bertz CT molecular complexity index is 730. The molecular formula is C17H26N4OS. The Morgan fingerprint density at radius 1 is 1.39 bits per heavy atom. The molecule has 23 heavy (non-hydrogen) atoms. The van der Waals surface area contributed by atoms with Crippen LogP contribution < -0.4 is 0 Å². The smallest absolute Gasteiger partial charge is 0.264 e. The molecule has 2 atom stereocenters. The fraction of sp³-hybridized carbons (Fsp3) is 0.647. The summed E-state index contributed by atoms with van der Waals surface area (Å²) in [5.41, 5.74) is 1.08. The van der Waals surface area contributed by atoms with Gasteiger partial charge < -0.3 is 9.80 Å². The molecule has 0 aromatic carbocycles. The molecule has 0 radical (unpaired) electrons. The number of hydrogen-bond donors (Lipinski definition) is 0. The van der Waals surface area contributed by atoms with Crippen molar-refractivity contribution in [3.05, 3.63) is 16.6 Å². The first kappa shape index (κ1) is 16.5. The maximum absolute atomic E-state index is 12.9. The highest BCUT2D eigenvalue weighted by molar-refractivity contribution is 7.20. The molecule has 3 heterocycles. The van der Waals surface area contributed by atoms with Gasteiger partial charge in [-0.25, -0.2) is 0 Å². The van der Waals surface area contributed by atoms with Crippen molar-refractivity contribution in [2.75, 3.05) is 27.2 Å². The maximum atomic E-state index is 12.9. The predicted molar refractivity (Wildman–Crippen MR) is 95.2 cm³/mol. The molecule has 5 nitrogen and oxygen atoms in total. The van der Waals surface area contributed by atoms with Crippen LogP contribution in [-0.4, -0.2) is 58.7 Å². The third-order valence-corrected chi connectivity index (χ3v) is 6.01. The third-order valence-electron chi connectivity index (χ3n) is 4.82. The van der Waals surface area contributed by atoms with Crippen molar-refractivity contribution >= 4 is 27.5 Å². The zero-order chi connectivity index (χ0) is 16.9. The summed E-state index contributed by atoms with van der Waals surface area (Å²) in [5.74, 6) is 1.04. The van der Waals surface area contributed by atoms with E-state index in [-0.39, 0.29) is 5.91 Å². The van der Waals surface area contributed by atoms with Crippen LogP contribution >= 0.6 is 11.3 Å². The molecule has 2 aromatic heterocycles. The average Bonchev–Trinajstić information content (AvgIpc) is 3.13. The number of likely N-dealkylation sites (tertiary alicyclic amines) is 1. The standard InChI is InChI=1S/C17H26N4OS/c1-10(2)15-12-7-14(23-17(12)20(6)18-15)16(22)21-8-11(3)13(9-21)19(4)5/h7,10-11,13H,8-9H2,1-6H3. The highest BCUT2D eigenvalue weighted by atomic mass is 32.1. The molecule has 2 unspecified atom stereocenters. The van der Waals surface area contributed by atoms with Gasteiger partial charge in [0.05, 0.1) is 10.6 Å². The minimum absolute atomic E-state index is 0.164. The van der Waals surface area contributed by atoms with Crippen molar-refractivity contribution < 1.29 is 4.79 Å². The van der Waals surface area contributed by atoms with Gasteiger partial charge in [0.2, 0.25) is 0 Å². The molecule has 1 saturated heterocycles. The largest absolute Gasteiger partial charge is 0.336 e. The molecule has 3 rings (SSSR count). The van der Waals surface area contributed by atoms with Crippen LogP contribution in [0.15, 0.2) is 6.07 Å². The molecule has 0 saturated carbocycles. The summed E-state index contributed by atoms with van der Waals surface area (Å²) in [6.45, 7) is 8.17. The van der Waals surface area contributed by atoms with Gasteiger partial charge in [0, 0.05) is 31.6 Å². The number of amides is 1. The molecule has 0 aliphatic carbocycles. The number of carbonyl (C=O) groups excluding carboxylic acids is 1. The van der Waals surface area contributed by atoms with Crippen LogP contribution in [0.3, 0.4) is 0 Å². The van der Waals surface area contributed by atoms with E-state index < -0.39 is 0 Å². The van der Waals surface area contributed by atoms with Crippen LogP contribution in [0.4, 0.5) is 0 Å². The Kier molecular flexibility index (Phi) is 4.23. The zero-order valence-electron chi connectivity index (χ0n) is 14.8. The van der Waals surface area contributed by atoms with E-state index in [9.17, 15) is 4.79 Å². The van der Waals surface area contributed by atoms with E-state index in [2.05, 4.69) is 44.9 Å². The second-order valence-electron chi connectivity index (χ2n) is 7.21. The van der Waals surface area contributed by atoms with E-state index in [1.54, 1.807) is 11.3 Å². The first-order valence-electron chi connectivity index (χ1n) is 8.21. The summed E-state index contributed by atoms with van der Waals surface area (Å²) < 4.78 is 1.90. The average molecular weight is 334 g/mol. The summed E-state index contributed by atoms with van der Waals surface area (Å²) in [4.78, 5) is 19.1. The van der Waals surface area contributed by atoms with Crippen LogP contribution in [0.1, 0.15) is 42.1 Å². The molecule has 1 amide bonds. The third kappa shape index (κ3) is 2.78. The number of aromatic nitrogens is 2. The van der Waals surface area contributed by atoms with E-state index in [4.69, 9.17) is 0 Å². The fourth-order valence-corrected chi connectivity index (χ4v) is 4.59. The van der Waals surface area contributed by atoms with Crippen LogP contribution in [0.2, 0.25) is 0 Å². The highest BCUT2D eigenvalue weighted by Gasteiger charge is 2.34. The Morgan fingerprint density at radius 3 is 2.65 bits per heavy atom. The maximum Gasteiger partial charge on any atom is 0.264 e. The number of rotatable bonds is 3. The van der Waals surface area contributed by atoms with E-state index in [1.807, 2.05) is 22.7 Å². The lowest BCUT2D eigenvalue weighted by atomic mass is 10.1. The van der Waals surface area contributed by atoms with Crippen LogP contribution in [0.25, 0.3) is 10.2 Å². The second kappa shape index (κ2) is 5.91. The minimum Gasteiger partial charge on any atom is -0.336 e. The van der Waals surface area contributed by atoms with Gasteiger partial charge in [-0.2, -0.15) is 5.10 Å². The fourth-order valence-electron chi connectivity index (χ4n) is 3.54. The second-order valence-corrected chi connectivity index (χ2v) is 8.24. The first-order valence-corrected chi connectivity index (χ1v) is 9.03. The van der Waals surface area contributed by atoms with Crippen LogP contribution in [0, 0.1) is 5.92 Å². The Hall–Kier alpha value is -1.40. The van der Waals surface area contributed by atoms with Gasteiger partial charge in [-0.1, -0.05) is 20.8 Å². The summed E-state index contributed by atoms with van der Waals surface area (Å²) in [6.07, 6.45) is 0. The van der Waals surface area contributed by atoms with Crippen molar-refractivity contribution in [3.8, 4) is 0 Å². The summed E-state index contributed by atoms with van der Waals surface area (Å²) in [5, 5.41) is 5.72. The Balaban J connectivity index is 1.89. The lowest BCUT2D eigenvalue weighted by molar-refractivity contribution is 0.0786. The quantitative estimate of drug-likeness (QED) is 0.867. The van der Waals surface area contributed by atoms with E-state index in [0.29, 0.717) is 17.9 Å². The molecule has 0 spiro atoms. The molecule has 0 bridgehead atoms. The minimum atomic E-state index is 0.164. The van der Waals surface area contributed by atoms with Crippen molar-refractivity contribution in [1.29, 1.82) is 0 Å². The molecule has 1 aliphatic rings. The number of fused-ring (bicyclic) bond motifs is 1. The summed E-state index contributed by atoms with van der Waals surface area (Å²) in [7, 11) is 6.14. The van der Waals surface area contributed by atoms with Gasteiger partial charge in [0.1, 0.15) is 4.83 Å². The summed E-state index contributed by atoms with van der Waals surface area (Å²) in [6, 6.07) is 2.49. The normalized spacial score (nSPS) is 22.0. The van der Waals surface area contributed by atoms with Crippen molar-refractivity contribution in [2.45, 2.75) is 32.7 Å². The lowest BCUT2D eigenvalue weighted by Crippen LogP contribution is -2.35. The first-order chi connectivity index (χ1) is 10.8. The predicted octanol–water partition coefficient (Wildman–Crippen LogP) is 2.78. The van der Waals surface area contributed by atoms with Gasteiger partial charge in [-0.05, 0) is 32.0 Å². The number of aryl methyl sites for hydroxylation is 1. The summed E-state index contributed by atoms with van der Waals surface area (Å²) >= 11 is 1.56.